The van der Waals surface area contributed by atoms with Crippen LogP contribution in [0.4, 0.5) is 0 Å². The molecule has 0 bridgehead atoms. The average molecular weight is 197 g/mol. The van der Waals surface area contributed by atoms with Gasteiger partial charge in [-0.25, -0.2) is 0 Å². The molecule has 0 atom stereocenters. The van der Waals surface area contributed by atoms with Gasteiger partial charge in [0.05, 0.1) is 0 Å². The minimum absolute atomic E-state index is 0.0820. The van der Waals surface area contributed by atoms with Gasteiger partial charge in [-0.2, -0.15) is 0 Å². The number of nitrogens with one attached hydrogen (secondary N) is 1. The van der Waals surface area contributed by atoms with Crippen LogP contribution in [0.1, 0.15) is 12.8 Å². The average Bonchev–Trinajstić information content (AvgIpc) is 2.30. The second-order valence-corrected chi connectivity index (χ2v) is 3.01. The van der Waals surface area contributed by atoms with Crippen molar-refractivity contribution in [2.24, 2.45) is 5.92 Å². The predicted octanol–water partition coefficient (Wildman–Crippen LogP) is 1.52. The molecule has 1 saturated heterocycles. The Bertz CT molecular complexity index is 174. The Balaban J connectivity index is 0.000000791. The third-order valence-electron chi connectivity index (χ3n) is 2.09. The summed E-state index contributed by atoms with van der Waals surface area (Å²) in [5.41, 5.74) is 0. The second-order valence-electron chi connectivity index (χ2n) is 3.01. The first kappa shape index (κ1) is 12.9. The molecule has 1 aliphatic rings. The van der Waals surface area contributed by atoms with Crippen molar-refractivity contribution in [2.45, 2.75) is 12.8 Å². The maximum Gasteiger partial charge on any atom is 0.243 e. The topological polar surface area (TPSA) is 38.3 Å². The van der Waals surface area contributed by atoms with E-state index in [1.807, 2.05) is 0 Å². The Morgan fingerprint density at radius 1 is 1.43 bits per heavy atom. The Morgan fingerprint density at radius 3 is 2.50 bits per heavy atom. The zero-order valence-electron chi connectivity index (χ0n) is 8.63. The number of amides is 1. The maximum absolute atomic E-state index is 10.8. The van der Waals surface area contributed by atoms with Gasteiger partial charge in [-0.1, -0.05) is 6.58 Å². The van der Waals surface area contributed by atoms with Crippen LogP contribution in [-0.4, -0.2) is 25.7 Å². The fourth-order valence-corrected chi connectivity index (χ4v) is 1.27. The van der Waals surface area contributed by atoms with Gasteiger partial charge < -0.3 is 10.1 Å². The minimum atomic E-state index is -0.0820. The maximum atomic E-state index is 10.8. The zero-order valence-corrected chi connectivity index (χ0v) is 8.63. The molecule has 3 nitrogen and oxygen atoms in total. The summed E-state index contributed by atoms with van der Waals surface area (Å²) in [4.78, 5) is 10.8. The molecule has 0 aromatic carbocycles. The first-order chi connectivity index (χ1) is 6.83. The highest BCUT2D eigenvalue weighted by Gasteiger charge is 2.13. The van der Waals surface area contributed by atoms with Crippen molar-refractivity contribution in [3.63, 3.8) is 0 Å². The summed E-state index contributed by atoms with van der Waals surface area (Å²) >= 11 is 0. The molecule has 80 valence electrons. The van der Waals surface area contributed by atoms with E-state index in [9.17, 15) is 4.79 Å². The van der Waals surface area contributed by atoms with Crippen molar-refractivity contribution in [1.82, 2.24) is 5.32 Å². The van der Waals surface area contributed by atoms with Crippen LogP contribution in [0, 0.1) is 5.92 Å². The largest absolute Gasteiger partial charge is 0.381 e. The van der Waals surface area contributed by atoms with Crippen molar-refractivity contribution < 1.29 is 9.53 Å². The number of rotatable bonds is 3. The van der Waals surface area contributed by atoms with E-state index in [1.54, 1.807) is 0 Å². The van der Waals surface area contributed by atoms with Gasteiger partial charge in [0.15, 0.2) is 0 Å². The molecule has 1 rings (SSSR count). The molecule has 1 N–H and O–H groups in total. The summed E-state index contributed by atoms with van der Waals surface area (Å²) in [6.07, 6.45) is 3.41. The summed E-state index contributed by atoms with van der Waals surface area (Å²) in [6.45, 7) is 11.8. The van der Waals surface area contributed by atoms with Crippen molar-refractivity contribution in [3.8, 4) is 0 Å². The number of ether oxygens (including phenoxy) is 1. The Hall–Kier alpha value is -1.09. The lowest BCUT2D eigenvalue weighted by molar-refractivity contribution is -0.116. The summed E-state index contributed by atoms with van der Waals surface area (Å²) < 4.78 is 5.20. The molecule has 0 saturated carbocycles. The van der Waals surface area contributed by atoms with Gasteiger partial charge in [0.2, 0.25) is 5.91 Å². The van der Waals surface area contributed by atoms with E-state index in [2.05, 4.69) is 25.1 Å². The minimum Gasteiger partial charge on any atom is -0.381 e. The van der Waals surface area contributed by atoms with Crippen LogP contribution < -0.4 is 5.32 Å². The Labute approximate surface area is 85.8 Å². The van der Waals surface area contributed by atoms with Crippen LogP contribution in [0.3, 0.4) is 0 Å². The molecule has 1 heterocycles. The van der Waals surface area contributed by atoms with Gasteiger partial charge in [0, 0.05) is 19.8 Å². The summed E-state index contributed by atoms with van der Waals surface area (Å²) in [5.74, 6) is 0.504. The molecule has 3 heteroatoms. The van der Waals surface area contributed by atoms with E-state index < -0.39 is 0 Å². The lowest BCUT2D eigenvalue weighted by Crippen LogP contribution is -2.30. The lowest BCUT2D eigenvalue weighted by Gasteiger charge is -2.21. The van der Waals surface area contributed by atoms with Crippen molar-refractivity contribution in [3.05, 3.63) is 25.8 Å². The summed E-state index contributed by atoms with van der Waals surface area (Å²) in [5, 5.41) is 2.79. The zero-order chi connectivity index (χ0) is 10.8. The van der Waals surface area contributed by atoms with Crippen LogP contribution in [0.2, 0.25) is 0 Å². The van der Waals surface area contributed by atoms with Crippen LogP contribution in [0.5, 0.6) is 0 Å². The van der Waals surface area contributed by atoms with E-state index >= 15 is 0 Å². The predicted molar refractivity (Wildman–Crippen MR) is 58.0 cm³/mol. The van der Waals surface area contributed by atoms with Gasteiger partial charge >= 0.3 is 0 Å². The molecular formula is C11H19NO2. The van der Waals surface area contributed by atoms with Gasteiger partial charge in [-0.05, 0) is 24.8 Å². The van der Waals surface area contributed by atoms with Gasteiger partial charge in [-0.15, -0.1) is 13.2 Å². The second kappa shape index (κ2) is 8.51. The Morgan fingerprint density at radius 2 is 2.00 bits per heavy atom. The number of hydrogen-bond acceptors (Lipinski definition) is 2. The fourth-order valence-electron chi connectivity index (χ4n) is 1.27. The highest BCUT2D eigenvalue weighted by atomic mass is 16.5. The Kier molecular flexibility index (Phi) is 7.84. The molecule has 0 spiro atoms. The molecule has 0 aromatic rings. The van der Waals surface area contributed by atoms with E-state index in [0.29, 0.717) is 5.92 Å². The summed E-state index contributed by atoms with van der Waals surface area (Å²) in [6, 6.07) is 0. The van der Waals surface area contributed by atoms with E-state index in [1.165, 1.54) is 6.08 Å². The van der Waals surface area contributed by atoms with Crippen LogP contribution in [-0.2, 0) is 9.53 Å². The summed E-state index contributed by atoms with van der Waals surface area (Å²) in [7, 11) is 0. The molecule has 1 fully saturated rings. The number of carbonyl (C=O) groups excluding carboxylic acids is 1. The standard InChI is InChI=1S/C9H15NO2.C2H4/c1-2-9(11)10-7-8-3-5-12-6-4-8;1-2/h2,8H,1,3-7H2,(H,10,11);1-2H2. The third kappa shape index (κ3) is 5.54. The van der Waals surface area contributed by atoms with Crippen molar-refractivity contribution in [1.29, 1.82) is 0 Å². The lowest BCUT2D eigenvalue weighted by atomic mass is 10.0. The molecule has 1 aliphatic heterocycles. The van der Waals surface area contributed by atoms with Crippen molar-refractivity contribution >= 4 is 5.91 Å². The van der Waals surface area contributed by atoms with E-state index in [4.69, 9.17) is 4.74 Å². The normalized spacial score (nSPS) is 16.3. The highest BCUT2D eigenvalue weighted by Crippen LogP contribution is 2.12. The van der Waals surface area contributed by atoms with E-state index in [-0.39, 0.29) is 5.91 Å². The first-order valence-electron chi connectivity index (χ1n) is 4.81. The molecule has 0 radical (unpaired) electrons. The SMILES string of the molecule is C=C.C=CC(=O)NCC1CCOCC1. The molecule has 14 heavy (non-hydrogen) atoms. The smallest absolute Gasteiger partial charge is 0.243 e. The molecule has 1 amide bonds. The molecule has 0 aromatic heterocycles. The van der Waals surface area contributed by atoms with Gasteiger partial charge in [0.25, 0.3) is 0 Å². The monoisotopic (exact) mass is 197 g/mol. The molecule has 0 aliphatic carbocycles. The third-order valence-corrected chi connectivity index (χ3v) is 2.09. The fraction of sp³-hybridized carbons (Fsp3) is 0.545. The van der Waals surface area contributed by atoms with Crippen LogP contribution >= 0.6 is 0 Å². The first-order valence-corrected chi connectivity index (χ1v) is 4.81. The van der Waals surface area contributed by atoms with Crippen LogP contribution in [0.15, 0.2) is 25.8 Å². The quantitative estimate of drug-likeness (QED) is 0.550. The highest BCUT2D eigenvalue weighted by molar-refractivity contribution is 5.86. The molecular weight excluding hydrogens is 178 g/mol. The molecule has 0 unspecified atom stereocenters. The van der Waals surface area contributed by atoms with Crippen LogP contribution in [0.25, 0.3) is 0 Å². The van der Waals surface area contributed by atoms with E-state index in [0.717, 1.165) is 32.6 Å². The van der Waals surface area contributed by atoms with Crippen molar-refractivity contribution in [2.75, 3.05) is 19.8 Å². The van der Waals surface area contributed by atoms with Gasteiger partial charge in [-0.3, -0.25) is 4.79 Å². The van der Waals surface area contributed by atoms with Gasteiger partial charge in [0.1, 0.15) is 0 Å². The number of hydrogen-bond donors (Lipinski definition) is 1. The number of carbonyl (C=O) groups is 1.